The molecular weight excluding hydrogens is 825 g/mol. The van der Waals surface area contributed by atoms with Crippen molar-refractivity contribution >= 4 is 46.2 Å². The number of methoxy groups -OCH3 is 3. The minimum Gasteiger partial charge on any atom is -0.494 e. The van der Waals surface area contributed by atoms with Crippen molar-refractivity contribution in [1.82, 2.24) is 28.7 Å². The third-order valence-corrected chi connectivity index (χ3v) is 10.1. The second kappa shape index (κ2) is 18.3. The lowest BCUT2D eigenvalue weighted by Gasteiger charge is -2.12. The summed E-state index contributed by atoms with van der Waals surface area (Å²) in [5.74, 6) is -5.16. The molecule has 322 valence electrons. The molecule has 4 aromatic heterocycles. The summed E-state index contributed by atoms with van der Waals surface area (Å²) in [5, 5.41) is 15.6. The van der Waals surface area contributed by atoms with Crippen LogP contribution in [0.15, 0.2) is 97.8 Å². The Balaban J connectivity index is 0.000000189. The Labute approximate surface area is 356 Å². The Bertz CT molecular complexity index is 3030. The molecule has 63 heavy (non-hydrogen) atoms. The van der Waals surface area contributed by atoms with Gasteiger partial charge in [0, 0.05) is 47.3 Å². The summed E-state index contributed by atoms with van der Waals surface area (Å²) in [6.45, 7) is 3.81. The van der Waals surface area contributed by atoms with Crippen molar-refractivity contribution in [2.24, 2.45) is 0 Å². The van der Waals surface area contributed by atoms with Crippen LogP contribution in [-0.4, -0.2) is 67.1 Å². The van der Waals surface area contributed by atoms with Crippen LogP contribution in [0.4, 0.5) is 40.6 Å². The van der Waals surface area contributed by atoms with Gasteiger partial charge in [-0.1, -0.05) is 13.8 Å². The zero-order valence-electron chi connectivity index (χ0n) is 34.3. The van der Waals surface area contributed by atoms with Gasteiger partial charge in [0.2, 0.25) is 11.6 Å². The Morgan fingerprint density at radius 3 is 1.48 bits per heavy atom. The van der Waals surface area contributed by atoms with E-state index in [9.17, 15) is 32.3 Å². The van der Waals surface area contributed by atoms with E-state index in [0.29, 0.717) is 69.7 Å². The molecule has 18 heteroatoms. The number of nitrogens with one attached hydrogen (secondary N) is 2. The molecule has 3 N–H and O–H groups in total. The Kier molecular flexibility index (Phi) is 12.5. The second-order valence-corrected chi connectivity index (χ2v) is 13.6. The smallest absolute Gasteiger partial charge is 0.338 e. The molecular formula is C45H38F4N8O6. The highest BCUT2D eigenvalue weighted by Gasteiger charge is 2.21. The first-order chi connectivity index (χ1) is 30.4. The number of ether oxygens (including phenoxy) is 3. The monoisotopic (exact) mass is 862 g/mol. The first-order valence-electron chi connectivity index (χ1n) is 19.2. The number of fused-ring (bicyclic) bond motifs is 2. The number of carbonyl (C=O) groups is 2. The third-order valence-electron chi connectivity index (χ3n) is 10.1. The van der Waals surface area contributed by atoms with E-state index >= 15 is 0 Å². The first kappa shape index (κ1) is 43.1. The van der Waals surface area contributed by atoms with Crippen LogP contribution in [-0.2, 0) is 17.6 Å². The van der Waals surface area contributed by atoms with Crippen LogP contribution in [0, 0.1) is 23.3 Å². The van der Waals surface area contributed by atoms with Crippen LogP contribution in [0.3, 0.4) is 0 Å². The predicted molar refractivity (Wildman–Crippen MR) is 226 cm³/mol. The molecule has 14 nitrogen and oxygen atoms in total. The summed E-state index contributed by atoms with van der Waals surface area (Å²) < 4.78 is 75.3. The van der Waals surface area contributed by atoms with Crippen molar-refractivity contribution in [3.63, 3.8) is 0 Å². The fourth-order valence-corrected chi connectivity index (χ4v) is 6.91. The van der Waals surface area contributed by atoms with Gasteiger partial charge in [-0.15, -0.1) is 0 Å². The minimum absolute atomic E-state index is 0.0297. The number of nitrogens with zero attached hydrogens (tertiary/aromatic N) is 6. The fraction of sp³-hybridized carbons (Fsp3) is 0.156. The van der Waals surface area contributed by atoms with Crippen LogP contribution >= 0.6 is 0 Å². The number of aryl methyl sites for hydroxylation is 2. The third kappa shape index (κ3) is 8.37. The van der Waals surface area contributed by atoms with Crippen molar-refractivity contribution in [1.29, 1.82) is 0 Å². The van der Waals surface area contributed by atoms with Gasteiger partial charge in [-0.05, 0) is 84.6 Å². The minimum atomic E-state index is -1.08. The zero-order valence-corrected chi connectivity index (χ0v) is 34.3. The maximum Gasteiger partial charge on any atom is 0.338 e. The average Bonchev–Trinajstić information content (AvgIpc) is 3.94. The molecule has 4 aromatic carbocycles. The quantitative estimate of drug-likeness (QED) is 0.0788. The number of aromatic carboxylic acids is 1. The molecule has 0 saturated heterocycles. The lowest BCUT2D eigenvalue weighted by Crippen LogP contribution is -2.06. The Morgan fingerprint density at radius 1 is 0.619 bits per heavy atom. The first-order valence-corrected chi connectivity index (χ1v) is 19.2. The van der Waals surface area contributed by atoms with Gasteiger partial charge in [0.15, 0.2) is 46.1 Å². The molecule has 0 aliphatic carbocycles. The maximum absolute atomic E-state index is 14.6. The highest BCUT2D eigenvalue weighted by molar-refractivity contribution is 5.92. The number of hydrogen-bond acceptors (Lipinski definition) is 11. The number of imidazole rings is 2. The molecule has 0 amide bonds. The van der Waals surface area contributed by atoms with E-state index in [4.69, 9.17) is 14.2 Å². The van der Waals surface area contributed by atoms with Crippen LogP contribution in [0.1, 0.15) is 45.7 Å². The van der Waals surface area contributed by atoms with Crippen LogP contribution < -0.4 is 20.1 Å². The van der Waals surface area contributed by atoms with Gasteiger partial charge in [-0.25, -0.2) is 38.3 Å². The maximum atomic E-state index is 14.6. The number of rotatable bonds is 12. The van der Waals surface area contributed by atoms with E-state index in [0.717, 1.165) is 5.56 Å². The van der Waals surface area contributed by atoms with E-state index in [2.05, 4.69) is 30.6 Å². The number of carboxylic acids is 1. The number of anilines is 4. The summed E-state index contributed by atoms with van der Waals surface area (Å²) in [6, 6.07) is 15.7. The van der Waals surface area contributed by atoms with Crippen molar-refractivity contribution in [2.75, 3.05) is 32.0 Å². The van der Waals surface area contributed by atoms with Crippen molar-refractivity contribution in [3.05, 3.63) is 143 Å². The van der Waals surface area contributed by atoms with E-state index in [-0.39, 0.29) is 28.2 Å². The van der Waals surface area contributed by atoms with E-state index in [1.54, 1.807) is 45.5 Å². The van der Waals surface area contributed by atoms with Crippen LogP contribution in [0.5, 0.6) is 11.5 Å². The molecule has 0 spiro atoms. The van der Waals surface area contributed by atoms with Gasteiger partial charge in [-0.2, -0.15) is 8.78 Å². The number of hydrogen-bond donors (Lipinski definition) is 3. The van der Waals surface area contributed by atoms with Crippen LogP contribution in [0.2, 0.25) is 0 Å². The largest absolute Gasteiger partial charge is 0.494 e. The van der Waals surface area contributed by atoms with Gasteiger partial charge in [0.1, 0.15) is 0 Å². The van der Waals surface area contributed by atoms with Crippen molar-refractivity contribution in [2.45, 2.75) is 26.7 Å². The molecule has 0 aliphatic heterocycles. The predicted octanol–water partition coefficient (Wildman–Crippen LogP) is 9.46. The molecule has 8 rings (SSSR count). The summed E-state index contributed by atoms with van der Waals surface area (Å²) in [6.07, 6.45) is 10.3. The van der Waals surface area contributed by atoms with Gasteiger partial charge < -0.3 is 30.0 Å². The Hall–Kier alpha value is -8.02. The molecule has 0 aliphatic rings. The summed E-state index contributed by atoms with van der Waals surface area (Å²) in [5.41, 5.74) is 5.14. The molecule has 0 bridgehead atoms. The van der Waals surface area contributed by atoms with Gasteiger partial charge >= 0.3 is 11.9 Å². The topological polar surface area (TPSA) is 166 Å². The van der Waals surface area contributed by atoms with E-state index < -0.39 is 35.2 Å². The number of benzene rings is 4. The van der Waals surface area contributed by atoms with E-state index in [1.807, 2.05) is 19.9 Å². The lowest BCUT2D eigenvalue weighted by molar-refractivity contribution is 0.0598. The highest BCUT2D eigenvalue weighted by Crippen LogP contribution is 2.34. The van der Waals surface area contributed by atoms with Gasteiger partial charge in [-0.3, -0.25) is 8.80 Å². The molecule has 0 atom stereocenters. The Morgan fingerprint density at radius 2 is 1.06 bits per heavy atom. The molecule has 0 saturated carbocycles. The second-order valence-electron chi connectivity index (χ2n) is 13.6. The average molecular weight is 863 g/mol. The number of carboxylic acid groups (broad SMARTS) is 1. The molecule has 0 radical (unpaired) electrons. The molecule has 4 heterocycles. The standard InChI is InChI=1S/C23H20F2N4O3.C22H18F2N4O3/c1-4-13-11-14(5-6-15(13)23(30)32-3)28-21-22-27-12-17(29(22)10-9-26-21)16-7-8-18(31-2)20(25)19(16)24;1-3-12-10-13(4-5-14(12)22(29)30)27-20-21-26-11-16(28(21)9-8-25-20)15-6-7-17(31-2)19(24)18(15)23/h5-12H,4H2,1-3H3,(H,26,28);4-11H,3H2,1-2H3,(H,25,27)(H,29,30). The number of aromatic nitrogens is 6. The highest BCUT2D eigenvalue weighted by atomic mass is 19.2. The van der Waals surface area contributed by atoms with Crippen molar-refractivity contribution < 1.29 is 46.5 Å². The van der Waals surface area contributed by atoms with Gasteiger partial charge in [0.05, 0.1) is 56.2 Å². The summed E-state index contributed by atoms with van der Waals surface area (Å²) in [7, 11) is 3.88. The molecule has 0 fully saturated rings. The fourth-order valence-electron chi connectivity index (χ4n) is 6.91. The van der Waals surface area contributed by atoms with Crippen molar-refractivity contribution in [3.8, 4) is 34.0 Å². The number of carbonyl (C=O) groups excluding carboxylic acids is 1. The molecule has 0 unspecified atom stereocenters. The van der Waals surface area contributed by atoms with Crippen LogP contribution in [0.25, 0.3) is 33.8 Å². The zero-order chi connectivity index (χ0) is 44.9. The van der Waals surface area contributed by atoms with E-state index in [1.165, 1.54) is 76.4 Å². The summed E-state index contributed by atoms with van der Waals surface area (Å²) >= 11 is 0. The lowest BCUT2D eigenvalue weighted by atomic mass is 10.0. The molecule has 8 aromatic rings. The van der Waals surface area contributed by atoms with Gasteiger partial charge in [0.25, 0.3) is 0 Å². The SMILES string of the molecule is CCc1cc(Nc2nccn3c(-c4ccc(OC)c(F)c4F)cnc23)ccc1C(=O)O.CCc1cc(Nc2nccn3c(-c4ccc(OC)c(F)c4F)cnc23)ccc1C(=O)OC. The normalized spacial score (nSPS) is 10.9. The number of esters is 1. The summed E-state index contributed by atoms with van der Waals surface area (Å²) in [4.78, 5) is 40.6. The number of halogens is 4.